The number of aryl methyl sites for hydroxylation is 1. The lowest BCUT2D eigenvalue weighted by atomic mass is 9.86. The molecule has 22 heavy (non-hydrogen) atoms. The number of nitro benzene ring substituents is 1. The van der Waals surface area contributed by atoms with Crippen molar-refractivity contribution in [2.45, 2.75) is 45.2 Å². The summed E-state index contributed by atoms with van der Waals surface area (Å²) >= 11 is 0. The van der Waals surface area contributed by atoms with Crippen molar-refractivity contribution in [3.63, 3.8) is 0 Å². The Hall–Kier alpha value is -1.95. The molecule has 2 rings (SSSR count). The number of rotatable bonds is 5. The van der Waals surface area contributed by atoms with Crippen molar-refractivity contribution in [3.8, 4) is 0 Å². The van der Waals surface area contributed by atoms with Crippen LogP contribution in [0.15, 0.2) is 18.2 Å². The molecule has 1 N–H and O–H groups in total. The van der Waals surface area contributed by atoms with E-state index in [2.05, 4.69) is 5.32 Å². The van der Waals surface area contributed by atoms with Gasteiger partial charge in [-0.3, -0.25) is 14.9 Å². The fourth-order valence-corrected chi connectivity index (χ4v) is 2.99. The molecule has 6 heteroatoms. The van der Waals surface area contributed by atoms with Gasteiger partial charge in [-0.1, -0.05) is 6.07 Å². The van der Waals surface area contributed by atoms with Gasteiger partial charge in [-0.15, -0.1) is 0 Å². The number of carbonyl (C=O) groups excluding carboxylic acids is 1. The minimum absolute atomic E-state index is 0.0321. The van der Waals surface area contributed by atoms with Gasteiger partial charge in [0.1, 0.15) is 0 Å². The SMILES string of the molecule is COC(=O)C1CCC(NCc2ccc([N+](=O)[O-])c(C)c2)CC1. The molecule has 0 heterocycles. The maximum Gasteiger partial charge on any atom is 0.308 e. The van der Waals surface area contributed by atoms with Crippen molar-refractivity contribution >= 4 is 11.7 Å². The zero-order valence-corrected chi connectivity index (χ0v) is 13.0. The fourth-order valence-electron chi connectivity index (χ4n) is 2.99. The van der Waals surface area contributed by atoms with E-state index in [4.69, 9.17) is 4.74 Å². The van der Waals surface area contributed by atoms with Crippen molar-refractivity contribution in [3.05, 3.63) is 39.4 Å². The summed E-state index contributed by atoms with van der Waals surface area (Å²) in [6, 6.07) is 5.58. The van der Waals surface area contributed by atoms with Gasteiger partial charge in [0.25, 0.3) is 5.69 Å². The lowest BCUT2D eigenvalue weighted by molar-refractivity contribution is -0.385. The highest BCUT2D eigenvalue weighted by atomic mass is 16.6. The quantitative estimate of drug-likeness (QED) is 0.514. The average molecular weight is 306 g/mol. The highest BCUT2D eigenvalue weighted by Gasteiger charge is 2.26. The molecule has 1 aliphatic carbocycles. The number of nitrogens with zero attached hydrogens (tertiary/aromatic N) is 1. The first kappa shape index (κ1) is 16.4. The van der Waals surface area contributed by atoms with Crippen LogP contribution in [0.4, 0.5) is 5.69 Å². The summed E-state index contributed by atoms with van der Waals surface area (Å²) in [6.45, 7) is 2.44. The van der Waals surface area contributed by atoms with E-state index in [0.717, 1.165) is 31.2 Å². The van der Waals surface area contributed by atoms with E-state index < -0.39 is 0 Å². The van der Waals surface area contributed by atoms with Crippen LogP contribution in [-0.2, 0) is 16.1 Å². The van der Waals surface area contributed by atoms with E-state index in [0.29, 0.717) is 18.2 Å². The molecule has 0 aromatic heterocycles. The lowest BCUT2D eigenvalue weighted by Gasteiger charge is -2.27. The van der Waals surface area contributed by atoms with Gasteiger partial charge < -0.3 is 10.1 Å². The summed E-state index contributed by atoms with van der Waals surface area (Å²) in [4.78, 5) is 21.9. The molecule has 0 saturated heterocycles. The monoisotopic (exact) mass is 306 g/mol. The topological polar surface area (TPSA) is 81.5 Å². The van der Waals surface area contributed by atoms with Crippen LogP contribution < -0.4 is 5.32 Å². The fraction of sp³-hybridized carbons (Fsp3) is 0.562. The summed E-state index contributed by atoms with van der Waals surface area (Å²) in [6.07, 6.45) is 3.60. The maximum atomic E-state index is 11.5. The molecule has 0 amide bonds. The van der Waals surface area contributed by atoms with Gasteiger partial charge in [0.2, 0.25) is 0 Å². The Balaban J connectivity index is 1.83. The zero-order chi connectivity index (χ0) is 16.1. The van der Waals surface area contributed by atoms with E-state index in [9.17, 15) is 14.9 Å². The molecule has 1 aromatic rings. The van der Waals surface area contributed by atoms with Crippen LogP contribution in [0.3, 0.4) is 0 Å². The van der Waals surface area contributed by atoms with Gasteiger partial charge >= 0.3 is 5.97 Å². The molecule has 1 aliphatic rings. The van der Waals surface area contributed by atoms with Gasteiger partial charge in [-0.25, -0.2) is 0 Å². The summed E-state index contributed by atoms with van der Waals surface area (Å²) in [5.41, 5.74) is 1.87. The first-order valence-corrected chi connectivity index (χ1v) is 7.56. The number of hydrogen-bond acceptors (Lipinski definition) is 5. The van der Waals surface area contributed by atoms with E-state index >= 15 is 0 Å². The molecule has 1 saturated carbocycles. The lowest BCUT2D eigenvalue weighted by Crippen LogP contribution is -2.34. The Morgan fingerprint density at radius 3 is 2.59 bits per heavy atom. The van der Waals surface area contributed by atoms with Crippen molar-refractivity contribution in [2.75, 3.05) is 7.11 Å². The maximum absolute atomic E-state index is 11.5. The molecule has 1 fully saturated rings. The molecule has 1 aromatic carbocycles. The number of benzene rings is 1. The number of nitrogens with one attached hydrogen (secondary N) is 1. The molecular weight excluding hydrogens is 284 g/mol. The second kappa shape index (κ2) is 7.35. The van der Waals surface area contributed by atoms with Crippen molar-refractivity contribution < 1.29 is 14.5 Å². The number of ether oxygens (including phenoxy) is 1. The number of hydrogen-bond donors (Lipinski definition) is 1. The largest absolute Gasteiger partial charge is 0.469 e. The normalized spacial score (nSPS) is 21.4. The Bertz CT molecular complexity index is 551. The molecular formula is C16H22N2O4. The minimum atomic E-state index is -0.360. The van der Waals surface area contributed by atoms with Crippen LogP contribution >= 0.6 is 0 Å². The Morgan fingerprint density at radius 2 is 2.05 bits per heavy atom. The van der Waals surface area contributed by atoms with Gasteiger partial charge in [-0.05, 0) is 44.2 Å². The van der Waals surface area contributed by atoms with Gasteiger partial charge in [0.15, 0.2) is 0 Å². The Kier molecular flexibility index (Phi) is 5.49. The Morgan fingerprint density at radius 1 is 1.36 bits per heavy atom. The van der Waals surface area contributed by atoms with Crippen LogP contribution in [0.1, 0.15) is 36.8 Å². The number of nitro groups is 1. The first-order chi connectivity index (χ1) is 10.5. The third-order valence-corrected chi connectivity index (χ3v) is 4.31. The van der Waals surface area contributed by atoms with E-state index in [1.54, 1.807) is 19.1 Å². The second-order valence-corrected chi connectivity index (χ2v) is 5.83. The van der Waals surface area contributed by atoms with Crippen molar-refractivity contribution in [1.29, 1.82) is 0 Å². The van der Waals surface area contributed by atoms with Crippen LogP contribution in [0.2, 0.25) is 0 Å². The van der Waals surface area contributed by atoms with Crippen molar-refractivity contribution in [2.24, 2.45) is 5.92 Å². The molecule has 0 spiro atoms. The van der Waals surface area contributed by atoms with Crippen LogP contribution in [0.5, 0.6) is 0 Å². The summed E-state index contributed by atoms with van der Waals surface area (Å²) < 4.78 is 4.78. The third-order valence-electron chi connectivity index (χ3n) is 4.31. The van der Waals surface area contributed by atoms with Crippen LogP contribution in [0, 0.1) is 23.0 Å². The predicted octanol–water partition coefficient (Wildman–Crippen LogP) is 2.72. The number of esters is 1. The molecule has 0 atom stereocenters. The number of methoxy groups -OCH3 is 1. The molecule has 0 radical (unpaired) electrons. The van der Waals surface area contributed by atoms with E-state index in [1.165, 1.54) is 7.11 Å². The highest BCUT2D eigenvalue weighted by Crippen LogP contribution is 2.25. The molecule has 6 nitrogen and oxygen atoms in total. The predicted molar refractivity (Wildman–Crippen MR) is 82.4 cm³/mol. The second-order valence-electron chi connectivity index (χ2n) is 5.83. The Labute approximate surface area is 130 Å². The zero-order valence-electron chi connectivity index (χ0n) is 13.0. The van der Waals surface area contributed by atoms with Gasteiger partial charge in [0.05, 0.1) is 18.0 Å². The van der Waals surface area contributed by atoms with Gasteiger partial charge in [0, 0.05) is 24.2 Å². The summed E-state index contributed by atoms with van der Waals surface area (Å²) in [5, 5.41) is 14.3. The molecule has 120 valence electrons. The van der Waals surface area contributed by atoms with Gasteiger partial charge in [-0.2, -0.15) is 0 Å². The third kappa shape index (κ3) is 4.04. The van der Waals surface area contributed by atoms with Crippen LogP contribution in [-0.4, -0.2) is 24.0 Å². The smallest absolute Gasteiger partial charge is 0.308 e. The summed E-state index contributed by atoms with van der Waals surface area (Å²) in [5.74, 6) is -0.0749. The first-order valence-electron chi connectivity index (χ1n) is 7.56. The molecule has 0 bridgehead atoms. The molecule has 0 aliphatic heterocycles. The standard InChI is InChI=1S/C16H22N2O4/c1-11-9-12(3-8-15(11)18(20)21)10-17-14-6-4-13(5-7-14)16(19)22-2/h3,8-9,13-14,17H,4-7,10H2,1-2H3. The number of carbonyl (C=O) groups is 1. The van der Waals surface area contributed by atoms with Crippen molar-refractivity contribution in [1.82, 2.24) is 5.32 Å². The van der Waals surface area contributed by atoms with Crippen LogP contribution in [0.25, 0.3) is 0 Å². The average Bonchev–Trinajstić information content (AvgIpc) is 2.52. The minimum Gasteiger partial charge on any atom is -0.469 e. The highest BCUT2D eigenvalue weighted by molar-refractivity contribution is 5.72. The molecule has 0 unspecified atom stereocenters. The summed E-state index contributed by atoms with van der Waals surface area (Å²) in [7, 11) is 1.43. The van der Waals surface area contributed by atoms with E-state index in [-0.39, 0.29) is 22.5 Å². The van der Waals surface area contributed by atoms with E-state index in [1.807, 2.05) is 6.07 Å².